The van der Waals surface area contributed by atoms with Crippen LogP contribution in [0.1, 0.15) is 57.9 Å². The monoisotopic (exact) mass is 807 g/mol. The predicted octanol–water partition coefficient (Wildman–Crippen LogP) is 8.88. The van der Waals surface area contributed by atoms with E-state index < -0.39 is 23.8 Å². The molecular weight excluding hydrogens is 751 g/mol. The van der Waals surface area contributed by atoms with Crippen molar-refractivity contribution in [2.45, 2.75) is 43.8 Å². The third-order valence-corrected chi connectivity index (χ3v) is 11.0. The van der Waals surface area contributed by atoms with Gasteiger partial charge in [0.1, 0.15) is 5.60 Å². The number of hydrogen-bond acceptors (Lipinski definition) is 7. The van der Waals surface area contributed by atoms with E-state index in [-0.39, 0.29) is 11.8 Å². The number of carboxylic acid groups (broad SMARTS) is 1. The average Bonchev–Trinajstić information content (AvgIpc) is 3.29. The second kappa shape index (κ2) is 22.2. The van der Waals surface area contributed by atoms with Crippen LogP contribution in [0.25, 0.3) is 0 Å². The van der Waals surface area contributed by atoms with Crippen molar-refractivity contribution in [3.8, 4) is 0 Å². The molecule has 0 unspecified atom stereocenters. The predicted molar refractivity (Wildman–Crippen MR) is 235 cm³/mol. The summed E-state index contributed by atoms with van der Waals surface area (Å²) in [7, 11) is 1.72. The van der Waals surface area contributed by atoms with Gasteiger partial charge in [-0.2, -0.15) is 0 Å². The Labute approximate surface area is 354 Å². The molecule has 312 valence electrons. The van der Waals surface area contributed by atoms with Gasteiger partial charge in [0.15, 0.2) is 6.10 Å². The van der Waals surface area contributed by atoms with E-state index in [0.29, 0.717) is 44.5 Å². The standard InChI is InChI=1S/C44H49NO4.C8H8O3/c1-34(30-47-2)31-48-32-36-23-25-37(26-24-36)43-38(28-45(29-42(43)46)27-35-15-7-3-8-16-35)33-49-44(39-17-9-4-10-18-39,40-19-11-5-12-20-40)41-21-13-6-14-22-41;9-7(8(10)11)6-4-2-1-3-5-6/h3-26,34,38,42-43,46H,27-33H2,1-2H3;1-5,7,9H,(H,10,11)/t34-,38-,42-,43-;7-/m00/s1. The fourth-order valence-electron chi connectivity index (χ4n) is 8.16. The van der Waals surface area contributed by atoms with Gasteiger partial charge < -0.3 is 29.5 Å². The Morgan fingerprint density at radius 2 is 1.18 bits per heavy atom. The summed E-state index contributed by atoms with van der Waals surface area (Å²) in [6, 6.07) is 59.0. The van der Waals surface area contributed by atoms with Gasteiger partial charge in [0, 0.05) is 44.5 Å². The van der Waals surface area contributed by atoms with Crippen molar-refractivity contribution in [3.05, 3.63) is 215 Å². The van der Waals surface area contributed by atoms with E-state index in [1.165, 1.54) is 5.56 Å². The Morgan fingerprint density at radius 1 is 0.683 bits per heavy atom. The van der Waals surface area contributed by atoms with Crippen LogP contribution in [0.2, 0.25) is 0 Å². The lowest BCUT2D eigenvalue weighted by atomic mass is 9.77. The van der Waals surface area contributed by atoms with E-state index in [1.807, 2.05) is 24.3 Å². The van der Waals surface area contributed by atoms with Crippen LogP contribution in [0.15, 0.2) is 176 Å². The fourth-order valence-corrected chi connectivity index (χ4v) is 8.16. The number of carboxylic acids is 1. The first-order valence-corrected chi connectivity index (χ1v) is 20.6. The molecule has 6 aromatic rings. The quantitative estimate of drug-likeness (QED) is 0.0785. The maximum atomic E-state index is 11.9. The zero-order chi connectivity index (χ0) is 42.2. The van der Waals surface area contributed by atoms with Crippen molar-refractivity contribution < 1.29 is 34.3 Å². The summed E-state index contributed by atoms with van der Waals surface area (Å²) in [4.78, 5) is 12.6. The molecule has 0 saturated carbocycles. The van der Waals surface area contributed by atoms with Gasteiger partial charge in [-0.1, -0.05) is 183 Å². The molecule has 0 amide bonds. The number of nitrogens with zero attached hydrogens (tertiary/aromatic N) is 1. The molecule has 5 atom stereocenters. The number of hydrogen-bond donors (Lipinski definition) is 3. The maximum absolute atomic E-state index is 11.9. The summed E-state index contributed by atoms with van der Waals surface area (Å²) in [5.74, 6) is -0.948. The largest absolute Gasteiger partial charge is 0.479 e. The number of ether oxygens (including phenoxy) is 3. The zero-order valence-electron chi connectivity index (χ0n) is 34.5. The number of aliphatic carboxylic acids is 1. The zero-order valence-corrected chi connectivity index (χ0v) is 34.5. The van der Waals surface area contributed by atoms with Gasteiger partial charge in [0.2, 0.25) is 0 Å². The van der Waals surface area contributed by atoms with Gasteiger partial charge in [-0.25, -0.2) is 4.79 Å². The first kappa shape index (κ1) is 44.1. The molecule has 0 aliphatic carbocycles. The molecule has 1 heterocycles. The number of aliphatic hydroxyl groups is 2. The number of piperidine rings is 1. The summed E-state index contributed by atoms with van der Waals surface area (Å²) < 4.78 is 18.6. The molecule has 1 saturated heterocycles. The molecule has 0 spiro atoms. The summed E-state index contributed by atoms with van der Waals surface area (Å²) in [5.41, 5.74) is 6.28. The van der Waals surface area contributed by atoms with E-state index in [0.717, 1.165) is 40.9 Å². The van der Waals surface area contributed by atoms with Crippen molar-refractivity contribution in [2.24, 2.45) is 11.8 Å². The van der Waals surface area contributed by atoms with Crippen LogP contribution < -0.4 is 0 Å². The Balaban J connectivity index is 0.000000477. The molecule has 1 fully saturated rings. The number of benzene rings is 6. The van der Waals surface area contributed by atoms with Crippen molar-refractivity contribution in [1.29, 1.82) is 0 Å². The highest BCUT2D eigenvalue weighted by Gasteiger charge is 2.42. The SMILES string of the molecule is COC[C@H](C)COCc1ccc([C@H]2[C@H](COC(c3ccccc3)(c3ccccc3)c3ccccc3)CN(Cc3ccccc3)C[C@@H]2O)cc1.O=C(O)[C@@H](O)c1ccccc1. The molecule has 0 radical (unpaired) electrons. The molecule has 8 heteroatoms. The second-order valence-electron chi connectivity index (χ2n) is 15.6. The van der Waals surface area contributed by atoms with E-state index in [2.05, 4.69) is 133 Å². The number of aliphatic hydroxyl groups excluding tert-OH is 2. The van der Waals surface area contributed by atoms with Crippen LogP contribution in [0.3, 0.4) is 0 Å². The molecular formula is C52H57NO7. The lowest BCUT2D eigenvalue weighted by molar-refractivity contribution is -0.146. The summed E-state index contributed by atoms with van der Waals surface area (Å²) in [5, 5.41) is 29.3. The van der Waals surface area contributed by atoms with Crippen molar-refractivity contribution >= 4 is 5.97 Å². The van der Waals surface area contributed by atoms with Gasteiger partial charge in [-0.3, -0.25) is 4.90 Å². The molecule has 6 aromatic carbocycles. The number of likely N-dealkylation sites (tertiary alicyclic amines) is 1. The molecule has 60 heavy (non-hydrogen) atoms. The molecule has 3 N–H and O–H groups in total. The second-order valence-corrected chi connectivity index (χ2v) is 15.6. The number of rotatable bonds is 17. The van der Waals surface area contributed by atoms with Crippen LogP contribution in [0.4, 0.5) is 0 Å². The van der Waals surface area contributed by atoms with Crippen LogP contribution >= 0.6 is 0 Å². The third kappa shape index (κ3) is 11.6. The van der Waals surface area contributed by atoms with Crippen molar-refractivity contribution in [3.63, 3.8) is 0 Å². The number of carbonyl (C=O) groups is 1. The molecule has 0 bridgehead atoms. The highest BCUT2D eigenvalue weighted by Crippen LogP contribution is 2.43. The van der Waals surface area contributed by atoms with E-state index in [9.17, 15) is 9.90 Å². The molecule has 1 aliphatic rings. The van der Waals surface area contributed by atoms with Gasteiger partial charge in [-0.15, -0.1) is 0 Å². The Bertz CT molecular complexity index is 2020. The number of methoxy groups -OCH3 is 1. The summed E-state index contributed by atoms with van der Waals surface area (Å²) in [6.07, 6.45) is -1.96. The normalized spacial score (nSPS) is 17.8. The van der Waals surface area contributed by atoms with Crippen LogP contribution in [-0.2, 0) is 37.8 Å². The van der Waals surface area contributed by atoms with Crippen molar-refractivity contribution in [2.75, 3.05) is 40.0 Å². The van der Waals surface area contributed by atoms with Gasteiger partial charge in [0.25, 0.3) is 0 Å². The van der Waals surface area contributed by atoms with Gasteiger partial charge in [-0.05, 0) is 38.9 Å². The minimum absolute atomic E-state index is 0.0277. The van der Waals surface area contributed by atoms with Crippen LogP contribution in [-0.4, -0.2) is 72.3 Å². The fraction of sp³-hybridized carbons (Fsp3) is 0.288. The minimum Gasteiger partial charge on any atom is -0.479 e. The van der Waals surface area contributed by atoms with E-state index in [1.54, 1.807) is 37.4 Å². The average molecular weight is 808 g/mol. The molecule has 8 nitrogen and oxygen atoms in total. The van der Waals surface area contributed by atoms with Crippen LogP contribution in [0, 0.1) is 11.8 Å². The maximum Gasteiger partial charge on any atom is 0.337 e. The smallest absolute Gasteiger partial charge is 0.337 e. The van der Waals surface area contributed by atoms with Crippen LogP contribution in [0.5, 0.6) is 0 Å². The third-order valence-electron chi connectivity index (χ3n) is 11.0. The highest BCUT2D eigenvalue weighted by molar-refractivity contribution is 5.73. The Hall–Kier alpha value is -5.45. The van der Waals surface area contributed by atoms with E-state index in [4.69, 9.17) is 24.4 Å². The Morgan fingerprint density at radius 3 is 1.68 bits per heavy atom. The molecule has 1 aliphatic heterocycles. The molecule has 7 rings (SSSR count). The summed E-state index contributed by atoms with van der Waals surface area (Å²) in [6.45, 7) is 6.64. The van der Waals surface area contributed by atoms with Crippen molar-refractivity contribution in [1.82, 2.24) is 4.90 Å². The highest BCUT2D eigenvalue weighted by atomic mass is 16.5. The van der Waals surface area contributed by atoms with E-state index >= 15 is 0 Å². The number of β-amino-alcohol motifs (C(OH)–C–C–N with tert-alkyl or cyclic N) is 1. The molecule has 0 aromatic heterocycles. The first-order valence-electron chi connectivity index (χ1n) is 20.6. The lowest BCUT2D eigenvalue weighted by Crippen LogP contribution is -2.50. The topological polar surface area (TPSA) is 109 Å². The Kier molecular flexibility index (Phi) is 16.3. The lowest BCUT2D eigenvalue weighted by Gasteiger charge is -2.44. The first-order chi connectivity index (χ1) is 29.3. The van der Waals surface area contributed by atoms with Gasteiger partial charge >= 0.3 is 5.97 Å². The summed E-state index contributed by atoms with van der Waals surface area (Å²) >= 11 is 0. The van der Waals surface area contributed by atoms with Gasteiger partial charge in [0.05, 0.1) is 32.5 Å². The minimum atomic E-state index is -1.41.